The first-order valence-corrected chi connectivity index (χ1v) is 9.26. The van der Waals surface area contributed by atoms with E-state index in [1.54, 1.807) is 12.1 Å². The van der Waals surface area contributed by atoms with Gasteiger partial charge in [0.05, 0.1) is 0 Å². The number of nitrogens with one attached hydrogen (secondary N) is 1. The number of carbonyl (C=O) groups excluding carboxylic acids is 2. The smallest absolute Gasteiger partial charge is 0.408 e. The monoisotopic (exact) mass is 423 g/mol. The summed E-state index contributed by atoms with van der Waals surface area (Å²) >= 11 is 2.95. The van der Waals surface area contributed by atoms with Gasteiger partial charge < -0.3 is 10.1 Å². The van der Waals surface area contributed by atoms with E-state index in [0.29, 0.717) is 5.56 Å². The fraction of sp³-hybridized carbons (Fsp3) is 0.0909. The summed E-state index contributed by atoms with van der Waals surface area (Å²) in [4.78, 5) is 24.5. The molecule has 0 radical (unpaired) electrons. The summed E-state index contributed by atoms with van der Waals surface area (Å²) in [5.74, 6) is 0. The molecule has 1 atom stereocenters. The Morgan fingerprint density at radius 2 is 1.11 bits per heavy atom. The third kappa shape index (κ3) is 5.05. The zero-order chi connectivity index (χ0) is 19.1. The number of carbonyl (C=O) groups is 2. The Morgan fingerprint density at radius 1 is 0.704 bits per heavy atom. The molecule has 0 heterocycles. The van der Waals surface area contributed by atoms with Crippen LogP contribution in [0.4, 0.5) is 4.79 Å². The summed E-state index contributed by atoms with van der Waals surface area (Å²) in [5.41, 5.74) is 2.37. The second-order valence-electron chi connectivity index (χ2n) is 5.90. The molecule has 3 rings (SSSR count). The Balaban J connectivity index is 1.81. The predicted octanol–water partition coefficient (Wildman–Crippen LogP) is 5.17. The minimum atomic E-state index is -0.828. The van der Waals surface area contributed by atoms with Crippen LogP contribution in [0.1, 0.15) is 28.8 Å². The van der Waals surface area contributed by atoms with Gasteiger partial charge in [0.1, 0.15) is 6.04 Å². The highest BCUT2D eigenvalue weighted by Crippen LogP contribution is 2.26. The van der Waals surface area contributed by atoms with Crippen molar-refractivity contribution in [1.82, 2.24) is 5.32 Å². The van der Waals surface area contributed by atoms with Crippen LogP contribution < -0.4 is 5.32 Å². The Morgan fingerprint density at radius 3 is 1.52 bits per heavy atom. The van der Waals surface area contributed by atoms with Gasteiger partial charge in [-0.25, -0.2) is 4.79 Å². The highest BCUT2D eigenvalue weighted by atomic mass is 79.9. The summed E-state index contributed by atoms with van der Waals surface area (Å²) in [6, 6.07) is 27.1. The molecule has 0 saturated carbocycles. The fourth-order valence-electron chi connectivity index (χ4n) is 2.76. The molecule has 0 bridgehead atoms. The van der Waals surface area contributed by atoms with Gasteiger partial charge in [0.2, 0.25) is 4.69 Å². The van der Waals surface area contributed by atoms with E-state index in [2.05, 4.69) is 21.2 Å². The molecule has 0 fully saturated rings. The van der Waals surface area contributed by atoms with Crippen molar-refractivity contribution in [2.75, 3.05) is 0 Å². The zero-order valence-corrected chi connectivity index (χ0v) is 16.0. The largest absolute Gasteiger partial charge is 0.436 e. The van der Waals surface area contributed by atoms with Gasteiger partial charge in [0.15, 0.2) is 6.10 Å². The molecule has 0 saturated heterocycles. The zero-order valence-electron chi connectivity index (χ0n) is 14.4. The van der Waals surface area contributed by atoms with Gasteiger partial charge in [-0.3, -0.25) is 4.79 Å². The normalized spacial score (nSPS) is 11.6. The average molecular weight is 424 g/mol. The first-order chi connectivity index (χ1) is 13.1. The van der Waals surface area contributed by atoms with Crippen LogP contribution in [-0.2, 0) is 9.53 Å². The van der Waals surface area contributed by atoms with Crippen LogP contribution in [0.3, 0.4) is 0 Å². The molecule has 0 aliphatic carbocycles. The third-order valence-corrected chi connectivity index (χ3v) is 4.51. The van der Waals surface area contributed by atoms with Gasteiger partial charge in [-0.1, -0.05) is 91.0 Å². The predicted molar refractivity (Wildman–Crippen MR) is 107 cm³/mol. The summed E-state index contributed by atoms with van der Waals surface area (Å²) in [6.45, 7) is 0. The van der Waals surface area contributed by atoms with E-state index in [1.807, 2.05) is 78.9 Å². The standard InChI is InChI=1S/C22H18BrNO3/c23-21(25)19(16-10-4-1-5-11-16)24-22(26)27-20(17-12-6-2-7-13-17)18-14-8-3-9-15-18/h1-15,19-20H,(H,24,26). The van der Waals surface area contributed by atoms with Crippen LogP contribution in [0.2, 0.25) is 0 Å². The van der Waals surface area contributed by atoms with Gasteiger partial charge in [0, 0.05) is 0 Å². The third-order valence-electron chi connectivity index (χ3n) is 4.05. The molecule has 0 aliphatic rings. The van der Waals surface area contributed by atoms with Gasteiger partial charge >= 0.3 is 6.09 Å². The van der Waals surface area contributed by atoms with Crippen molar-refractivity contribution in [3.63, 3.8) is 0 Å². The number of alkyl carbamates (subject to hydrolysis) is 1. The van der Waals surface area contributed by atoms with Crippen molar-refractivity contribution in [3.05, 3.63) is 108 Å². The van der Waals surface area contributed by atoms with Gasteiger partial charge in [-0.15, -0.1) is 0 Å². The molecule has 0 aromatic heterocycles. The molecule has 1 unspecified atom stereocenters. The lowest BCUT2D eigenvalue weighted by molar-refractivity contribution is -0.112. The summed E-state index contributed by atoms with van der Waals surface area (Å²) in [7, 11) is 0. The number of halogens is 1. The topological polar surface area (TPSA) is 55.4 Å². The second kappa shape index (κ2) is 9.14. The van der Waals surface area contributed by atoms with E-state index in [1.165, 1.54) is 0 Å². The lowest BCUT2D eigenvalue weighted by Gasteiger charge is -2.21. The van der Waals surface area contributed by atoms with Crippen LogP contribution in [0, 0.1) is 0 Å². The van der Waals surface area contributed by atoms with Crippen LogP contribution in [-0.4, -0.2) is 10.8 Å². The lowest BCUT2D eigenvalue weighted by Crippen LogP contribution is -2.33. The van der Waals surface area contributed by atoms with Crippen molar-refractivity contribution in [1.29, 1.82) is 0 Å². The number of benzene rings is 3. The Labute approximate surface area is 166 Å². The SMILES string of the molecule is O=C(NC(C(=O)Br)c1ccccc1)OC(c1ccccc1)c1ccccc1. The maximum Gasteiger partial charge on any atom is 0.408 e. The number of hydrogen-bond acceptors (Lipinski definition) is 3. The van der Waals surface area contributed by atoms with Gasteiger partial charge in [-0.2, -0.15) is 0 Å². The molecule has 0 spiro atoms. The van der Waals surface area contributed by atoms with Gasteiger partial charge in [0.25, 0.3) is 0 Å². The van der Waals surface area contributed by atoms with Crippen molar-refractivity contribution in [2.45, 2.75) is 12.1 Å². The van der Waals surface area contributed by atoms with Crippen LogP contribution in [0.25, 0.3) is 0 Å². The summed E-state index contributed by atoms with van der Waals surface area (Å²) < 4.78 is 5.36. The number of amides is 1. The first kappa shape index (κ1) is 18.9. The minimum absolute atomic E-state index is 0.346. The van der Waals surface area contributed by atoms with E-state index in [9.17, 15) is 9.59 Å². The van der Waals surface area contributed by atoms with Crippen LogP contribution >= 0.6 is 15.9 Å². The second-order valence-corrected chi connectivity index (χ2v) is 6.68. The van der Waals surface area contributed by atoms with E-state index in [4.69, 9.17) is 4.74 Å². The summed E-state index contributed by atoms with van der Waals surface area (Å²) in [6.07, 6.45) is -1.25. The molecule has 136 valence electrons. The number of ether oxygens (including phenoxy) is 1. The maximum absolute atomic E-state index is 12.6. The Bertz CT molecular complexity index is 846. The van der Waals surface area contributed by atoms with E-state index < -0.39 is 18.2 Å². The Hall–Kier alpha value is -2.92. The van der Waals surface area contributed by atoms with Crippen molar-refractivity contribution in [3.8, 4) is 0 Å². The highest BCUT2D eigenvalue weighted by molar-refractivity contribution is 9.18. The molecule has 5 heteroatoms. The minimum Gasteiger partial charge on any atom is -0.436 e. The molecule has 27 heavy (non-hydrogen) atoms. The molecule has 3 aromatic rings. The molecule has 3 aromatic carbocycles. The van der Waals surface area contributed by atoms with Crippen LogP contribution in [0.5, 0.6) is 0 Å². The Kier molecular flexibility index (Phi) is 6.39. The molecule has 1 amide bonds. The van der Waals surface area contributed by atoms with Gasteiger partial charge in [-0.05, 0) is 32.6 Å². The summed E-state index contributed by atoms with van der Waals surface area (Å²) in [5, 5.41) is 2.65. The maximum atomic E-state index is 12.6. The van der Waals surface area contributed by atoms with Crippen molar-refractivity contribution in [2.24, 2.45) is 0 Å². The average Bonchev–Trinajstić information content (AvgIpc) is 2.72. The fourth-order valence-corrected chi connectivity index (χ4v) is 3.14. The molecule has 1 N–H and O–H groups in total. The quantitative estimate of drug-likeness (QED) is 0.556. The van der Waals surface area contributed by atoms with Crippen molar-refractivity contribution >= 4 is 26.7 Å². The van der Waals surface area contributed by atoms with Crippen LogP contribution in [0.15, 0.2) is 91.0 Å². The molecule has 0 aliphatic heterocycles. The van der Waals surface area contributed by atoms with E-state index >= 15 is 0 Å². The highest BCUT2D eigenvalue weighted by Gasteiger charge is 2.24. The number of rotatable bonds is 6. The first-order valence-electron chi connectivity index (χ1n) is 8.46. The van der Waals surface area contributed by atoms with Crippen molar-refractivity contribution < 1.29 is 14.3 Å². The van der Waals surface area contributed by atoms with E-state index in [-0.39, 0.29) is 4.69 Å². The molecular weight excluding hydrogens is 406 g/mol. The number of hydrogen-bond donors (Lipinski definition) is 1. The lowest BCUT2D eigenvalue weighted by atomic mass is 10.0. The molecular formula is C22H18BrNO3. The van der Waals surface area contributed by atoms with E-state index in [0.717, 1.165) is 11.1 Å². The molecule has 4 nitrogen and oxygen atoms in total.